The number of hydrogen-bond acceptors (Lipinski definition) is 5. The van der Waals surface area contributed by atoms with Crippen molar-refractivity contribution >= 4 is 12.1 Å². The molecule has 0 saturated heterocycles. The summed E-state index contributed by atoms with van der Waals surface area (Å²) in [6, 6.07) is 0. The van der Waals surface area contributed by atoms with Gasteiger partial charge < -0.3 is 20.9 Å². The van der Waals surface area contributed by atoms with Gasteiger partial charge in [-0.05, 0) is 0 Å². The molecule has 0 spiro atoms. The second-order valence-electron chi connectivity index (χ2n) is 1.62. The molecular formula is C5H10N2O4. The first-order valence-electron chi connectivity index (χ1n) is 2.94. The van der Waals surface area contributed by atoms with Gasteiger partial charge in [-0.1, -0.05) is 0 Å². The Morgan fingerprint density at radius 2 is 1.91 bits per heavy atom. The number of nitrogens with two attached hydrogens (primary N) is 2. The van der Waals surface area contributed by atoms with E-state index in [0.717, 1.165) is 0 Å². The molecule has 0 aromatic carbocycles. The Labute approximate surface area is 63.4 Å². The summed E-state index contributed by atoms with van der Waals surface area (Å²) in [6.45, 7) is -0.112. The van der Waals surface area contributed by atoms with Gasteiger partial charge in [0.05, 0.1) is 0 Å². The fourth-order valence-electron chi connectivity index (χ4n) is 0.344. The fraction of sp³-hybridized carbons (Fsp3) is 0.600. The van der Waals surface area contributed by atoms with Crippen LogP contribution >= 0.6 is 0 Å². The molecule has 0 heterocycles. The Kier molecular flexibility index (Phi) is 4.83. The van der Waals surface area contributed by atoms with Gasteiger partial charge in [-0.2, -0.15) is 0 Å². The zero-order valence-electron chi connectivity index (χ0n) is 5.91. The number of hydrogen-bond donors (Lipinski definition) is 2. The second kappa shape index (κ2) is 5.48. The molecule has 0 atom stereocenters. The maximum absolute atomic E-state index is 10.5. The van der Waals surface area contributed by atoms with Crippen LogP contribution in [-0.2, 0) is 14.3 Å². The zero-order valence-corrected chi connectivity index (χ0v) is 5.91. The lowest BCUT2D eigenvalue weighted by atomic mass is 10.7. The average molecular weight is 162 g/mol. The van der Waals surface area contributed by atoms with Gasteiger partial charge >= 0.3 is 12.1 Å². The highest BCUT2D eigenvalue weighted by molar-refractivity contribution is 5.74. The van der Waals surface area contributed by atoms with Crippen LogP contribution in [0.2, 0.25) is 0 Å². The van der Waals surface area contributed by atoms with Gasteiger partial charge in [-0.25, -0.2) is 9.59 Å². The van der Waals surface area contributed by atoms with Crippen LogP contribution in [0.4, 0.5) is 4.79 Å². The van der Waals surface area contributed by atoms with E-state index in [4.69, 9.17) is 5.73 Å². The van der Waals surface area contributed by atoms with Crippen molar-refractivity contribution in [3.05, 3.63) is 0 Å². The number of rotatable bonds is 4. The van der Waals surface area contributed by atoms with Crippen molar-refractivity contribution in [2.75, 3.05) is 19.8 Å². The van der Waals surface area contributed by atoms with Crippen molar-refractivity contribution in [3.63, 3.8) is 0 Å². The molecule has 1 amide bonds. The Hall–Kier alpha value is -1.30. The Balaban J connectivity index is 3.30. The third kappa shape index (κ3) is 6.59. The first kappa shape index (κ1) is 9.70. The number of carbonyl (C=O) groups excluding carboxylic acids is 2. The smallest absolute Gasteiger partial charge is 0.405 e. The van der Waals surface area contributed by atoms with E-state index in [1.807, 2.05) is 0 Å². The molecule has 6 heteroatoms. The molecule has 0 fully saturated rings. The molecule has 11 heavy (non-hydrogen) atoms. The van der Waals surface area contributed by atoms with Crippen LogP contribution in [0.5, 0.6) is 0 Å². The lowest BCUT2D eigenvalue weighted by Crippen LogP contribution is -2.22. The quantitative estimate of drug-likeness (QED) is 0.494. The number of amides is 1. The van der Waals surface area contributed by atoms with E-state index in [2.05, 4.69) is 15.2 Å². The summed E-state index contributed by atoms with van der Waals surface area (Å²) in [4.78, 5) is 20.4. The Morgan fingerprint density at radius 3 is 2.36 bits per heavy atom. The van der Waals surface area contributed by atoms with Gasteiger partial charge in [0, 0.05) is 6.54 Å². The van der Waals surface area contributed by atoms with Crippen molar-refractivity contribution in [1.82, 2.24) is 0 Å². The van der Waals surface area contributed by atoms with Gasteiger partial charge in [-0.15, -0.1) is 0 Å². The Bertz CT molecular complexity index is 147. The molecule has 0 aromatic rings. The van der Waals surface area contributed by atoms with Crippen LogP contribution in [0.15, 0.2) is 0 Å². The molecule has 0 bridgehead atoms. The molecule has 0 aliphatic rings. The number of ether oxygens (including phenoxy) is 2. The summed E-state index contributed by atoms with van der Waals surface area (Å²) in [5.41, 5.74) is 9.60. The minimum absolute atomic E-state index is 0.112. The van der Waals surface area contributed by atoms with E-state index in [1.165, 1.54) is 0 Å². The van der Waals surface area contributed by atoms with E-state index < -0.39 is 18.7 Å². The number of primary amides is 1. The van der Waals surface area contributed by atoms with Crippen LogP contribution < -0.4 is 11.5 Å². The molecule has 0 saturated carbocycles. The molecule has 0 aliphatic heterocycles. The van der Waals surface area contributed by atoms with Crippen LogP contribution in [0.3, 0.4) is 0 Å². The van der Waals surface area contributed by atoms with Gasteiger partial charge in [0.1, 0.15) is 6.61 Å². The molecule has 0 radical (unpaired) electrons. The number of esters is 1. The zero-order chi connectivity index (χ0) is 8.69. The van der Waals surface area contributed by atoms with E-state index >= 15 is 0 Å². The van der Waals surface area contributed by atoms with Gasteiger partial charge in [0.25, 0.3) is 0 Å². The monoisotopic (exact) mass is 162 g/mol. The third-order valence-corrected chi connectivity index (χ3v) is 0.713. The maximum atomic E-state index is 10.5. The molecule has 6 nitrogen and oxygen atoms in total. The predicted octanol–water partition coefficient (Wildman–Crippen LogP) is -1.42. The fourth-order valence-corrected chi connectivity index (χ4v) is 0.344. The summed E-state index contributed by atoms with van der Waals surface area (Å²) in [6.07, 6.45) is -1.00. The maximum Gasteiger partial charge on any atom is 0.405 e. The standard InChI is InChI=1S/C5H10N2O4/c6-1-2-10-4(8)3-11-5(7)9/h1-3,6H2,(H2,7,9). The largest absolute Gasteiger partial charge is 0.462 e. The molecule has 0 aromatic heterocycles. The summed E-state index contributed by atoms with van der Waals surface area (Å²) >= 11 is 0. The normalized spacial score (nSPS) is 8.82. The number of carbonyl (C=O) groups is 2. The minimum atomic E-state index is -1.00. The SMILES string of the molecule is NCCOC(=O)COC(N)=O. The molecule has 0 rings (SSSR count). The van der Waals surface area contributed by atoms with Crippen LogP contribution in [0.1, 0.15) is 0 Å². The van der Waals surface area contributed by atoms with Crippen molar-refractivity contribution in [3.8, 4) is 0 Å². The molecule has 64 valence electrons. The highest BCUT2D eigenvalue weighted by atomic mass is 16.6. The van der Waals surface area contributed by atoms with Crippen molar-refractivity contribution < 1.29 is 19.1 Å². The summed E-state index contributed by atoms with van der Waals surface area (Å²) in [7, 11) is 0. The van der Waals surface area contributed by atoms with Gasteiger partial charge in [-0.3, -0.25) is 0 Å². The van der Waals surface area contributed by atoms with Crippen LogP contribution in [0, 0.1) is 0 Å². The van der Waals surface area contributed by atoms with Gasteiger partial charge in [0.15, 0.2) is 6.61 Å². The van der Waals surface area contributed by atoms with Crippen LogP contribution in [0.25, 0.3) is 0 Å². The average Bonchev–Trinajstić information content (AvgIpc) is 1.97. The lowest BCUT2D eigenvalue weighted by molar-refractivity contribution is -0.146. The van der Waals surface area contributed by atoms with E-state index in [-0.39, 0.29) is 13.2 Å². The third-order valence-electron chi connectivity index (χ3n) is 0.713. The van der Waals surface area contributed by atoms with E-state index in [0.29, 0.717) is 0 Å². The topological polar surface area (TPSA) is 105 Å². The van der Waals surface area contributed by atoms with Gasteiger partial charge in [0.2, 0.25) is 0 Å². The predicted molar refractivity (Wildman–Crippen MR) is 35.5 cm³/mol. The summed E-state index contributed by atoms with van der Waals surface area (Å²) in [5.74, 6) is -0.658. The summed E-state index contributed by atoms with van der Waals surface area (Å²) < 4.78 is 8.57. The summed E-state index contributed by atoms with van der Waals surface area (Å²) in [5, 5.41) is 0. The van der Waals surface area contributed by atoms with E-state index in [9.17, 15) is 9.59 Å². The second-order valence-corrected chi connectivity index (χ2v) is 1.62. The van der Waals surface area contributed by atoms with Crippen molar-refractivity contribution in [2.24, 2.45) is 11.5 Å². The highest BCUT2D eigenvalue weighted by Gasteiger charge is 2.03. The van der Waals surface area contributed by atoms with E-state index in [1.54, 1.807) is 0 Å². The first-order chi connectivity index (χ1) is 5.16. The van der Waals surface area contributed by atoms with Crippen LogP contribution in [-0.4, -0.2) is 31.8 Å². The minimum Gasteiger partial charge on any atom is -0.462 e. The first-order valence-corrected chi connectivity index (χ1v) is 2.94. The molecule has 0 unspecified atom stereocenters. The van der Waals surface area contributed by atoms with Crippen molar-refractivity contribution in [2.45, 2.75) is 0 Å². The molecule has 4 N–H and O–H groups in total. The molecular weight excluding hydrogens is 152 g/mol. The Morgan fingerprint density at radius 1 is 1.27 bits per heavy atom. The molecule has 0 aliphatic carbocycles. The highest BCUT2D eigenvalue weighted by Crippen LogP contribution is 1.79. The van der Waals surface area contributed by atoms with Crippen molar-refractivity contribution in [1.29, 1.82) is 0 Å². The lowest BCUT2D eigenvalue weighted by Gasteiger charge is -2.01.